The van der Waals surface area contributed by atoms with Gasteiger partial charge in [-0.05, 0) is 57.0 Å². The lowest BCUT2D eigenvalue weighted by atomic mass is 10.2. The lowest BCUT2D eigenvalue weighted by Gasteiger charge is -2.07. The smallest absolute Gasteiger partial charge is 0.416 e. The molecule has 0 fully saturated rings. The van der Waals surface area contributed by atoms with Crippen LogP contribution in [0.4, 0.5) is 13.2 Å². The molecule has 0 unspecified atom stereocenters. The molecule has 2 heterocycles. The Morgan fingerprint density at radius 1 is 1.12 bits per heavy atom. The summed E-state index contributed by atoms with van der Waals surface area (Å²) in [6, 6.07) is 4.99. The second kappa shape index (κ2) is 12.2. The molecular formula is C21H23F3N4O4. The molecule has 32 heavy (non-hydrogen) atoms. The van der Waals surface area contributed by atoms with Crippen LogP contribution in [0, 0.1) is 13.8 Å². The van der Waals surface area contributed by atoms with Gasteiger partial charge in [-0.15, -0.1) is 0 Å². The average Bonchev–Trinajstić information content (AvgIpc) is 3.34. The maximum Gasteiger partial charge on any atom is 0.416 e. The minimum absolute atomic E-state index is 0.250. The van der Waals surface area contributed by atoms with Crippen molar-refractivity contribution >= 4 is 12.1 Å². The molecule has 3 rings (SSSR count). The first-order valence-corrected chi connectivity index (χ1v) is 9.48. The van der Waals surface area contributed by atoms with Crippen molar-refractivity contribution in [3.8, 4) is 5.69 Å². The number of alkyl halides is 3. The van der Waals surface area contributed by atoms with Crippen molar-refractivity contribution < 1.29 is 32.3 Å². The predicted octanol–water partition coefficient (Wildman–Crippen LogP) is 4.07. The number of esters is 1. The fourth-order valence-electron chi connectivity index (χ4n) is 2.54. The monoisotopic (exact) mass is 452 g/mol. The fraction of sp³-hybridized carbons (Fsp3) is 0.333. The molecule has 3 aromatic rings. The van der Waals surface area contributed by atoms with Crippen LogP contribution in [-0.2, 0) is 26.9 Å². The van der Waals surface area contributed by atoms with Gasteiger partial charge in [-0.25, -0.2) is 9.48 Å². The van der Waals surface area contributed by atoms with Crippen LogP contribution < -0.4 is 0 Å². The van der Waals surface area contributed by atoms with Gasteiger partial charge in [-0.3, -0.25) is 5.10 Å². The number of aryl methyl sites for hydroxylation is 3. The Morgan fingerprint density at radius 2 is 1.72 bits per heavy atom. The zero-order valence-electron chi connectivity index (χ0n) is 18.0. The highest BCUT2D eigenvalue weighted by atomic mass is 19.4. The number of carbonyl (C=O) groups excluding carboxylic acids is 3. The van der Waals surface area contributed by atoms with E-state index in [1.54, 1.807) is 24.7 Å². The van der Waals surface area contributed by atoms with Gasteiger partial charge in [0.2, 0.25) is 0 Å². The summed E-state index contributed by atoms with van der Waals surface area (Å²) in [5.74, 6) is -0.345. The Kier molecular flexibility index (Phi) is 10.0. The number of rotatable bonds is 4. The highest BCUT2D eigenvalue weighted by molar-refractivity contribution is 5.88. The molecule has 0 saturated heterocycles. The van der Waals surface area contributed by atoms with E-state index in [-0.39, 0.29) is 12.1 Å². The summed E-state index contributed by atoms with van der Waals surface area (Å²) in [6.45, 7) is 7.88. The standard InChI is InChI=1S/C13H13F3N2.C7H10N2O2.CO2/c1-3-12-9(2)8-18(17-12)11-6-4-10(5-7-11)13(14,15)16;1-3-11-7(10)6-5(2)4-8-9-6;2-1-3/h4-8H,3H2,1-2H3;4H,3H2,1-2H3,(H,8,9);. The number of H-pyrrole nitrogens is 1. The molecule has 0 bridgehead atoms. The number of ether oxygens (including phenoxy) is 1. The SMILES string of the molecule is CCOC(=O)c1[nH]ncc1C.CCc1nn(-c2ccc(C(F)(F)F)cc2)cc1C.O=C=O. The van der Waals surface area contributed by atoms with Crippen LogP contribution in [0.15, 0.2) is 36.7 Å². The molecule has 0 saturated carbocycles. The van der Waals surface area contributed by atoms with Crippen LogP contribution in [0.1, 0.15) is 46.7 Å². The Labute approximate surface area is 182 Å². The molecule has 0 atom stereocenters. The van der Waals surface area contributed by atoms with Crippen LogP contribution in [0.3, 0.4) is 0 Å². The van der Waals surface area contributed by atoms with Crippen molar-refractivity contribution in [3.63, 3.8) is 0 Å². The minimum Gasteiger partial charge on any atom is -0.461 e. The molecule has 0 aliphatic rings. The maximum atomic E-state index is 12.4. The Hall–Kier alpha value is -3.72. The summed E-state index contributed by atoms with van der Waals surface area (Å²) in [5.41, 5.74) is 3.22. The summed E-state index contributed by atoms with van der Waals surface area (Å²) in [7, 11) is 0. The summed E-state index contributed by atoms with van der Waals surface area (Å²) >= 11 is 0. The van der Waals surface area contributed by atoms with Gasteiger partial charge in [0.05, 0.1) is 29.7 Å². The van der Waals surface area contributed by atoms with Gasteiger partial charge in [-0.2, -0.15) is 33.0 Å². The lowest BCUT2D eigenvalue weighted by molar-refractivity contribution is -0.191. The van der Waals surface area contributed by atoms with Crippen LogP contribution in [0.2, 0.25) is 0 Å². The predicted molar refractivity (Wildman–Crippen MR) is 107 cm³/mol. The van der Waals surface area contributed by atoms with Gasteiger partial charge in [0.15, 0.2) is 0 Å². The molecule has 11 heteroatoms. The zero-order chi connectivity index (χ0) is 24.3. The van der Waals surface area contributed by atoms with E-state index in [0.717, 1.165) is 35.4 Å². The Bertz CT molecular complexity index is 1030. The Balaban J connectivity index is 0.000000312. The molecule has 8 nitrogen and oxygen atoms in total. The van der Waals surface area contributed by atoms with E-state index < -0.39 is 11.7 Å². The highest BCUT2D eigenvalue weighted by Crippen LogP contribution is 2.29. The number of aromatic nitrogens is 4. The van der Waals surface area contributed by atoms with Gasteiger partial charge in [0, 0.05) is 11.8 Å². The molecule has 1 N–H and O–H groups in total. The third-order valence-electron chi connectivity index (χ3n) is 4.10. The average molecular weight is 452 g/mol. The molecule has 0 amide bonds. The number of carbonyl (C=O) groups is 1. The molecule has 172 valence electrons. The second-order valence-corrected chi connectivity index (χ2v) is 6.33. The van der Waals surface area contributed by atoms with E-state index in [2.05, 4.69) is 15.3 Å². The van der Waals surface area contributed by atoms with E-state index in [1.807, 2.05) is 20.0 Å². The summed E-state index contributed by atoms with van der Waals surface area (Å²) in [6.07, 6.45) is 0.167. The molecule has 2 aromatic heterocycles. The second-order valence-electron chi connectivity index (χ2n) is 6.33. The summed E-state index contributed by atoms with van der Waals surface area (Å²) < 4.78 is 43.6. The topological polar surface area (TPSA) is 107 Å². The van der Waals surface area contributed by atoms with Gasteiger partial charge in [-0.1, -0.05) is 6.92 Å². The summed E-state index contributed by atoms with van der Waals surface area (Å²) in [4.78, 5) is 27.3. The first kappa shape index (κ1) is 26.3. The van der Waals surface area contributed by atoms with Gasteiger partial charge in [0.25, 0.3) is 0 Å². The number of hydrogen-bond donors (Lipinski definition) is 1. The molecular weight excluding hydrogens is 429 g/mol. The third kappa shape index (κ3) is 7.51. The first-order chi connectivity index (χ1) is 15.1. The van der Waals surface area contributed by atoms with Crippen LogP contribution in [-0.4, -0.2) is 38.7 Å². The molecule has 0 spiro atoms. The molecule has 0 aliphatic carbocycles. The van der Waals surface area contributed by atoms with Crippen molar-refractivity contribution in [2.75, 3.05) is 6.61 Å². The fourth-order valence-corrected chi connectivity index (χ4v) is 2.54. The van der Waals surface area contributed by atoms with Crippen LogP contribution in [0.5, 0.6) is 0 Å². The van der Waals surface area contributed by atoms with Crippen molar-refractivity contribution in [2.24, 2.45) is 0 Å². The normalized spacial score (nSPS) is 10.2. The molecule has 0 radical (unpaired) electrons. The van der Waals surface area contributed by atoms with E-state index in [9.17, 15) is 18.0 Å². The minimum atomic E-state index is -4.30. The number of nitrogens with zero attached hydrogens (tertiary/aromatic N) is 3. The van der Waals surface area contributed by atoms with E-state index in [4.69, 9.17) is 14.3 Å². The van der Waals surface area contributed by atoms with E-state index in [0.29, 0.717) is 18.0 Å². The number of hydrogen-bond acceptors (Lipinski definition) is 6. The number of halogens is 3. The number of benzene rings is 1. The first-order valence-electron chi connectivity index (χ1n) is 9.48. The van der Waals surface area contributed by atoms with E-state index >= 15 is 0 Å². The van der Waals surface area contributed by atoms with E-state index in [1.165, 1.54) is 12.1 Å². The van der Waals surface area contributed by atoms with Crippen molar-refractivity contribution in [1.29, 1.82) is 0 Å². The maximum absolute atomic E-state index is 12.4. The third-order valence-corrected chi connectivity index (χ3v) is 4.10. The summed E-state index contributed by atoms with van der Waals surface area (Å²) in [5, 5.41) is 10.6. The molecule has 1 aromatic carbocycles. The number of aromatic amines is 1. The molecule has 0 aliphatic heterocycles. The van der Waals surface area contributed by atoms with Crippen LogP contribution in [0.25, 0.3) is 5.69 Å². The Morgan fingerprint density at radius 3 is 2.12 bits per heavy atom. The highest BCUT2D eigenvalue weighted by Gasteiger charge is 2.30. The van der Waals surface area contributed by atoms with Gasteiger partial charge in [0.1, 0.15) is 5.69 Å². The number of nitrogens with one attached hydrogen (secondary N) is 1. The largest absolute Gasteiger partial charge is 0.461 e. The van der Waals surface area contributed by atoms with Gasteiger partial charge < -0.3 is 4.74 Å². The zero-order valence-corrected chi connectivity index (χ0v) is 18.0. The van der Waals surface area contributed by atoms with Crippen molar-refractivity contribution in [2.45, 2.75) is 40.3 Å². The van der Waals surface area contributed by atoms with Crippen LogP contribution >= 0.6 is 0 Å². The lowest BCUT2D eigenvalue weighted by Crippen LogP contribution is -2.06. The quantitative estimate of drug-likeness (QED) is 0.598. The van der Waals surface area contributed by atoms with Crippen molar-refractivity contribution in [1.82, 2.24) is 20.0 Å². The van der Waals surface area contributed by atoms with Crippen molar-refractivity contribution in [3.05, 3.63) is 64.7 Å². The van der Waals surface area contributed by atoms with Gasteiger partial charge >= 0.3 is 18.3 Å².